The lowest BCUT2D eigenvalue weighted by Crippen LogP contribution is -2.03. The minimum absolute atomic E-state index is 0.0578. The van der Waals surface area contributed by atoms with E-state index >= 15 is 0 Å². The Bertz CT molecular complexity index is 412. The Kier molecular flexibility index (Phi) is 13.0. The number of aliphatic carboxylic acids is 1. The van der Waals surface area contributed by atoms with Gasteiger partial charge in [0.1, 0.15) is 6.29 Å². The van der Waals surface area contributed by atoms with E-state index in [-0.39, 0.29) is 12.4 Å². The molecular formula is C14H22O7. The minimum Gasteiger partial charge on any atom is -0.504 e. The highest BCUT2D eigenvalue weighted by Gasteiger charge is 2.01. The molecule has 1 rings (SSSR count). The summed E-state index contributed by atoms with van der Waals surface area (Å²) in [7, 11) is 0. The number of ether oxygens (including phenoxy) is 1. The molecule has 0 spiro atoms. The zero-order valence-electron chi connectivity index (χ0n) is 12.3. The molecule has 0 saturated carbocycles. The Morgan fingerprint density at radius 1 is 1.43 bits per heavy atom. The molecule has 0 radical (unpaired) electrons. The number of aliphatic hydroxyl groups is 2. The molecule has 0 bridgehead atoms. The number of phenolic OH excluding ortho intramolecular Hbond substituents is 1. The molecular weight excluding hydrogens is 280 g/mol. The predicted octanol–water partition coefficient (Wildman–Crippen LogP) is 1.05. The monoisotopic (exact) mass is 302 g/mol. The SMILES string of the molecule is CC(=O)O.CC(O)CO.CCOc1cc(C=O)ccc1O. The molecule has 0 saturated heterocycles. The maximum atomic E-state index is 10.3. The molecule has 1 aromatic carbocycles. The van der Waals surface area contributed by atoms with Crippen LogP contribution >= 0.6 is 0 Å². The molecule has 1 aromatic rings. The number of benzene rings is 1. The number of phenols is 1. The van der Waals surface area contributed by atoms with Gasteiger partial charge in [-0.2, -0.15) is 0 Å². The Labute approximate surface area is 123 Å². The van der Waals surface area contributed by atoms with Crippen molar-refractivity contribution >= 4 is 12.3 Å². The quantitative estimate of drug-likeness (QED) is 0.613. The van der Waals surface area contributed by atoms with Gasteiger partial charge >= 0.3 is 0 Å². The average Bonchev–Trinajstić information content (AvgIpc) is 2.41. The number of carbonyl (C=O) groups excluding carboxylic acids is 1. The van der Waals surface area contributed by atoms with Crippen molar-refractivity contribution in [2.75, 3.05) is 13.2 Å². The fourth-order valence-corrected chi connectivity index (χ4v) is 0.875. The van der Waals surface area contributed by atoms with Gasteiger partial charge in [0.05, 0.1) is 19.3 Å². The zero-order chi connectivity index (χ0) is 16.8. The van der Waals surface area contributed by atoms with Gasteiger partial charge in [-0.05, 0) is 32.0 Å². The first-order chi connectivity index (χ1) is 9.78. The van der Waals surface area contributed by atoms with Crippen LogP contribution in [-0.2, 0) is 4.79 Å². The van der Waals surface area contributed by atoms with E-state index in [0.717, 1.165) is 6.92 Å². The third-order valence-electron chi connectivity index (χ3n) is 1.68. The van der Waals surface area contributed by atoms with E-state index in [2.05, 4.69) is 0 Å². The van der Waals surface area contributed by atoms with E-state index in [1.165, 1.54) is 25.1 Å². The Balaban J connectivity index is 0. The molecule has 0 aliphatic heterocycles. The summed E-state index contributed by atoms with van der Waals surface area (Å²) in [4.78, 5) is 19.3. The van der Waals surface area contributed by atoms with Crippen molar-refractivity contribution in [1.82, 2.24) is 0 Å². The van der Waals surface area contributed by atoms with E-state index in [1.54, 1.807) is 0 Å². The van der Waals surface area contributed by atoms with Crippen LogP contribution in [0.25, 0.3) is 0 Å². The van der Waals surface area contributed by atoms with Gasteiger partial charge in [-0.3, -0.25) is 9.59 Å². The maximum absolute atomic E-state index is 10.3. The van der Waals surface area contributed by atoms with Crippen molar-refractivity contribution in [3.8, 4) is 11.5 Å². The molecule has 1 unspecified atom stereocenters. The molecule has 4 N–H and O–H groups in total. The van der Waals surface area contributed by atoms with Crippen molar-refractivity contribution in [2.45, 2.75) is 26.9 Å². The molecule has 0 amide bonds. The van der Waals surface area contributed by atoms with E-state index < -0.39 is 12.1 Å². The Morgan fingerprint density at radius 2 is 1.90 bits per heavy atom. The molecule has 7 heteroatoms. The summed E-state index contributed by atoms with van der Waals surface area (Å²) in [5.74, 6) is -0.426. The van der Waals surface area contributed by atoms with E-state index in [9.17, 15) is 9.90 Å². The number of aliphatic hydroxyl groups excluding tert-OH is 2. The van der Waals surface area contributed by atoms with Crippen LogP contribution < -0.4 is 4.74 Å². The van der Waals surface area contributed by atoms with Gasteiger partial charge in [0.25, 0.3) is 5.97 Å². The van der Waals surface area contributed by atoms with Crippen molar-refractivity contribution < 1.29 is 34.8 Å². The molecule has 0 aromatic heterocycles. The van der Waals surface area contributed by atoms with Crippen LogP contribution in [0, 0.1) is 0 Å². The van der Waals surface area contributed by atoms with Gasteiger partial charge in [0.15, 0.2) is 11.5 Å². The maximum Gasteiger partial charge on any atom is 0.300 e. The van der Waals surface area contributed by atoms with Crippen molar-refractivity contribution in [3.05, 3.63) is 23.8 Å². The fourth-order valence-electron chi connectivity index (χ4n) is 0.875. The third-order valence-corrected chi connectivity index (χ3v) is 1.68. The molecule has 7 nitrogen and oxygen atoms in total. The summed E-state index contributed by atoms with van der Waals surface area (Å²) in [6.07, 6.45) is 0.150. The minimum atomic E-state index is -0.833. The number of hydrogen-bond acceptors (Lipinski definition) is 6. The second-order valence-corrected chi connectivity index (χ2v) is 3.83. The summed E-state index contributed by atoms with van der Waals surface area (Å²) < 4.78 is 5.07. The highest BCUT2D eigenvalue weighted by atomic mass is 16.5. The first kappa shape index (κ1) is 21.2. The number of aromatic hydroxyl groups is 1. The lowest BCUT2D eigenvalue weighted by molar-refractivity contribution is -0.134. The van der Waals surface area contributed by atoms with Crippen LogP contribution in [0.3, 0.4) is 0 Å². The average molecular weight is 302 g/mol. The van der Waals surface area contributed by atoms with Crippen molar-refractivity contribution in [3.63, 3.8) is 0 Å². The van der Waals surface area contributed by atoms with Gasteiger partial charge in [-0.15, -0.1) is 0 Å². The number of aldehydes is 1. The lowest BCUT2D eigenvalue weighted by Gasteiger charge is -2.04. The lowest BCUT2D eigenvalue weighted by atomic mass is 10.2. The van der Waals surface area contributed by atoms with E-state index in [4.69, 9.17) is 24.9 Å². The number of carboxylic acids is 1. The molecule has 0 heterocycles. The number of carboxylic acid groups (broad SMARTS) is 1. The molecule has 0 aliphatic carbocycles. The van der Waals surface area contributed by atoms with Crippen LogP contribution in [0.1, 0.15) is 31.1 Å². The van der Waals surface area contributed by atoms with E-state index in [1.807, 2.05) is 6.92 Å². The van der Waals surface area contributed by atoms with Crippen LogP contribution in [-0.4, -0.2) is 52.0 Å². The van der Waals surface area contributed by atoms with Crippen LogP contribution in [0.2, 0.25) is 0 Å². The Hall–Kier alpha value is -2.12. The van der Waals surface area contributed by atoms with Gasteiger partial charge in [0.2, 0.25) is 0 Å². The first-order valence-corrected chi connectivity index (χ1v) is 6.17. The van der Waals surface area contributed by atoms with Gasteiger partial charge in [0, 0.05) is 12.5 Å². The molecule has 120 valence electrons. The second-order valence-electron chi connectivity index (χ2n) is 3.83. The first-order valence-electron chi connectivity index (χ1n) is 6.17. The topological polar surface area (TPSA) is 124 Å². The highest BCUT2D eigenvalue weighted by molar-refractivity contribution is 5.76. The normalized spacial score (nSPS) is 10.1. The number of rotatable bonds is 4. The highest BCUT2D eigenvalue weighted by Crippen LogP contribution is 2.25. The number of carbonyl (C=O) groups is 2. The standard InChI is InChI=1S/C9H10O3.C3H8O2.C2H4O2/c1-2-12-9-5-7(6-10)3-4-8(9)11;1-3(5)2-4;1-2(3)4/h3-6,11H,2H2,1H3;3-5H,2H2,1H3;1H3,(H,3,4). The Morgan fingerprint density at radius 3 is 2.24 bits per heavy atom. The summed E-state index contributed by atoms with van der Waals surface area (Å²) in [6, 6.07) is 4.48. The molecule has 1 atom stereocenters. The largest absolute Gasteiger partial charge is 0.504 e. The summed E-state index contributed by atoms with van der Waals surface area (Å²) in [6.45, 7) is 4.75. The van der Waals surface area contributed by atoms with Crippen molar-refractivity contribution in [1.29, 1.82) is 0 Å². The smallest absolute Gasteiger partial charge is 0.300 e. The van der Waals surface area contributed by atoms with Crippen LogP contribution in [0.5, 0.6) is 11.5 Å². The van der Waals surface area contributed by atoms with Crippen LogP contribution in [0.15, 0.2) is 18.2 Å². The van der Waals surface area contributed by atoms with Crippen molar-refractivity contribution in [2.24, 2.45) is 0 Å². The summed E-state index contributed by atoms with van der Waals surface area (Å²) >= 11 is 0. The second kappa shape index (κ2) is 12.9. The molecule has 0 fully saturated rings. The van der Waals surface area contributed by atoms with Gasteiger partial charge in [-0.1, -0.05) is 0 Å². The number of hydrogen-bond donors (Lipinski definition) is 4. The van der Waals surface area contributed by atoms with Crippen LogP contribution in [0.4, 0.5) is 0 Å². The van der Waals surface area contributed by atoms with Gasteiger partial charge < -0.3 is 25.2 Å². The van der Waals surface area contributed by atoms with Gasteiger partial charge in [-0.25, -0.2) is 0 Å². The molecule has 0 aliphatic rings. The molecule has 21 heavy (non-hydrogen) atoms. The summed E-state index contributed by atoms with van der Waals surface area (Å²) in [5.41, 5.74) is 0.497. The predicted molar refractivity (Wildman–Crippen MR) is 76.7 cm³/mol. The fraction of sp³-hybridized carbons (Fsp3) is 0.429. The summed E-state index contributed by atoms with van der Waals surface area (Å²) in [5, 5.41) is 32.6. The third kappa shape index (κ3) is 14.1. The zero-order valence-corrected chi connectivity index (χ0v) is 12.3. The van der Waals surface area contributed by atoms with E-state index in [0.29, 0.717) is 24.2 Å².